The number of amides is 2. The molecule has 2 aromatic rings. The van der Waals surface area contributed by atoms with Crippen LogP contribution in [0.1, 0.15) is 38.8 Å². The molecular formula is C22H30ClN5O. The predicted octanol–water partition coefficient (Wildman–Crippen LogP) is 3.89. The second-order valence-electron chi connectivity index (χ2n) is 8.62. The second kappa shape index (κ2) is 8.99. The summed E-state index contributed by atoms with van der Waals surface area (Å²) < 4.78 is 0. The van der Waals surface area contributed by atoms with Gasteiger partial charge in [0.2, 0.25) is 0 Å². The normalized spacial score (nSPS) is 17.3. The number of anilines is 1. The van der Waals surface area contributed by atoms with Crippen LogP contribution in [0.2, 0.25) is 5.02 Å². The Kier molecular flexibility index (Phi) is 6.63. The molecule has 1 atom stereocenters. The third kappa shape index (κ3) is 5.38. The average Bonchev–Trinajstić information content (AvgIpc) is 2.68. The van der Waals surface area contributed by atoms with Crippen molar-refractivity contribution in [2.75, 3.05) is 31.1 Å². The van der Waals surface area contributed by atoms with Crippen LogP contribution in [0.15, 0.2) is 36.5 Å². The molecule has 6 nitrogen and oxygen atoms in total. The number of halogens is 1. The molecule has 1 saturated heterocycles. The van der Waals surface area contributed by atoms with E-state index in [4.69, 9.17) is 11.6 Å². The molecule has 29 heavy (non-hydrogen) atoms. The molecule has 7 heteroatoms. The largest absolute Gasteiger partial charge is 0.350 e. The van der Waals surface area contributed by atoms with Gasteiger partial charge in [-0.3, -0.25) is 0 Å². The number of nitrogens with zero attached hydrogens (tertiary/aromatic N) is 4. The summed E-state index contributed by atoms with van der Waals surface area (Å²) in [6, 6.07) is 10.4. The number of urea groups is 1. The van der Waals surface area contributed by atoms with Crippen molar-refractivity contribution in [2.24, 2.45) is 0 Å². The van der Waals surface area contributed by atoms with Crippen molar-refractivity contribution in [3.8, 4) is 0 Å². The van der Waals surface area contributed by atoms with E-state index in [1.165, 1.54) is 11.1 Å². The summed E-state index contributed by atoms with van der Waals surface area (Å²) in [6.45, 7) is 11.3. The molecule has 0 spiro atoms. The van der Waals surface area contributed by atoms with Crippen molar-refractivity contribution in [2.45, 2.75) is 45.6 Å². The minimum absolute atomic E-state index is 0.0197. The number of nitrogens with one attached hydrogen (secondary N) is 1. The molecule has 156 valence electrons. The Morgan fingerprint density at radius 3 is 2.55 bits per heavy atom. The highest BCUT2D eigenvalue weighted by molar-refractivity contribution is 6.32. The zero-order valence-corrected chi connectivity index (χ0v) is 18.4. The molecule has 1 aromatic heterocycles. The Hall–Kier alpha value is -2.34. The fourth-order valence-corrected chi connectivity index (χ4v) is 3.78. The van der Waals surface area contributed by atoms with Crippen LogP contribution in [0.4, 0.5) is 10.6 Å². The monoisotopic (exact) mass is 415 g/mol. The van der Waals surface area contributed by atoms with Crippen molar-refractivity contribution in [3.05, 3.63) is 52.7 Å². The molecular weight excluding hydrogens is 386 g/mol. The van der Waals surface area contributed by atoms with E-state index in [2.05, 4.69) is 65.5 Å². The van der Waals surface area contributed by atoms with Crippen LogP contribution < -0.4 is 10.2 Å². The summed E-state index contributed by atoms with van der Waals surface area (Å²) in [4.78, 5) is 16.6. The van der Waals surface area contributed by atoms with Gasteiger partial charge in [0.05, 0.1) is 11.2 Å². The summed E-state index contributed by atoms with van der Waals surface area (Å²) in [5, 5.41) is 11.7. The molecule has 1 aromatic carbocycles. The van der Waals surface area contributed by atoms with Gasteiger partial charge in [0.1, 0.15) is 0 Å². The first kappa shape index (κ1) is 21.4. The van der Waals surface area contributed by atoms with Gasteiger partial charge in [-0.2, -0.15) is 5.10 Å². The lowest BCUT2D eigenvalue weighted by Crippen LogP contribution is -2.57. The quantitative estimate of drug-likeness (QED) is 0.822. The number of piperazine rings is 1. The van der Waals surface area contributed by atoms with Gasteiger partial charge in [-0.15, -0.1) is 5.10 Å². The van der Waals surface area contributed by atoms with E-state index < -0.39 is 0 Å². The van der Waals surface area contributed by atoms with Crippen molar-refractivity contribution < 1.29 is 4.79 Å². The third-order valence-electron chi connectivity index (χ3n) is 5.35. The van der Waals surface area contributed by atoms with Crippen molar-refractivity contribution in [1.82, 2.24) is 20.4 Å². The maximum Gasteiger partial charge on any atom is 0.317 e. The van der Waals surface area contributed by atoms with Crippen molar-refractivity contribution >= 4 is 23.4 Å². The van der Waals surface area contributed by atoms with Gasteiger partial charge in [0.15, 0.2) is 5.82 Å². The Morgan fingerprint density at radius 1 is 1.21 bits per heavy atom. The first-order valence-electron chi connectivity index (χ1n) is 10.1. The number of rotatable bonds is 4. The van der Waals surface area contributed by atoms with E-state index >= 15 is 0 Å². The molecule has 2 amide bonds. The van der Waals surface area contributed by atoms with E-state index in [0.29, 0.717) is 37.0 Å². The predicted molar refractivity (Wildman–Crippen MR) is 118 cm³/mol. The highest BCUT2D eigenvalue weighted by atomic mass is 35.5. The Bertz CT molecular complexity index is 834. The van der Waals surface area contributed by atoms with E-state index in [-0.39, 0.29) is 17.5 Å². The minimum atomic E-state index is -0.0197. The van der Waals surface area contributed by atoms with Crippen LogP contribution in [-0.2, 0) is 11.8 Å². The lowest BCUT2D eigenvalue weighted by atomic mass is 9.86. The van der Waals surface area contributed by atoms with E-state index in [9.17, 15) is 4.79 Å². The van der Waals surface area contributed by atoms with Crippen LogP contribution in [0, 0.1) is 0 Å². The van der Waals surface area contributed by atoms with Crippen LogP contribution in [-0.4, -0.2) is 53.3 Å². The summed E-state index contributed by atoms with van der Waals surface area (Å²) in [6.07, 6.45) is 2.40. The van der Waals surface area contributed by atoms with Gasteiger partial charge in [0.25, 0.3) is 0 Å². The molecule has 1 unspecified atom stereocenters. The zero-order valence-electron chi connectivity index (χ0n) is 17.7. The number of hydrogen-bond acceptors (Lipinski definition) is 4. The van der Waals surface area contributed by atoms with Crippen molar-refractivity contribution in [3.63, 3.8) is 0 Å². The lowest BCUT2D eigenvalue weighted by molar-refractivity contribution is 0.171. The molecule has 3 rings (SSSR count). The fraction of sp³-hybridized carbons (Fsp3) is 0.500. The maximum atomic E-state index is 12.6. The Balaban J connectivity index is 1.48. The third-order valence-corrected chi connectivity index (χ3v) is 5.65. The fourth-order valence-electron chi connectivity index (χ4n) is 3.56. The molecule has 0 saturated carbocycles. The SMILES string of the molecule is CC1CN(c2nnccc2Cl)CCN1C(=O)NCCc1ccc(C(C)(C)C)cc1. The van der Waals surface area contributed by atoms with E-state index in [1.54, 1.807) is 12.3 Å². The van der Waals surface area contributed by atoms with Crippen LogP contribution in [0.5, 0.6) is 0 Å². The number of hydrogen-bond donors (Lipinski definition) is 1. The highest BCUT2D eigenvalue weighted by Crippen LogP contribution is 2.24. The highest BCUT2D eigenvalue weighted by Gasteiger charge is 2.28. The molecule has 1 aliphatic rings. The number of benzene rings is 1. The second-order valence-corrected chi connectivity index (χ2v) is 9.03. The molecule has 0 bridgehead atoms. The van der Waals surface area contributed by atoms with Gasteiger partial charge in [0, 0.05) is 32.2 Å². The maximum absolute atomic E-state index is 12.6. The summed E-state index contributed by atoms with van der Waals surface area (Å²) in [7, 11) is 0. The van der Waals surface area contributed by atoms with Crippen molar-refractivity contribution in [1.29, 1.82) is 0 Å². The minimum Gasteiger partial charge on any atom is -0.350 e. The molecule has 1 N–H and O–H groups in total. The first-order chi connectivity index (χ1) is 13.8. The van der Waals surface area contributed by atoms with Crippen LogP contribution in [0.3, 0.4) is 0 Å². The Morgan fingerprint density at radius 2 is 1.93 bits per heavy atom. The molecule has 2 heterocycles. The number of carbonyl (C=O) groups excluding carboxylic acids is 1. The summed E-state index contributed by atoms with van der Waals surface area (Å²) in [5.41, 5.74) is 2.70. The smallest absolute Gasteiger partial charge is 0.317 e. The average molecular weight is 416 g/mol. The standard InChI is InChI=1S/C22H30ClN5O/c1-16-15-27(20-19(23)10-12-25-26-20)13-14-28(16)21(29)24-11-9-17-5-7-18(8-6-17)22(2,3)4/h5-8,10,12,16H,9,11,13-15H2,1-4H3,(H,24,29). The topological polar surface area (TPSA) is 61.4 Å². The van der Waals surface area contributed by atoms with Gasteiger partial charge < -0.3 is 15.1 Å². The Labute approximate surface area is 178 Å². The zero-order chi connectivity index (χ0) is 21.0. The van der Waals surface area contributed by atoms with E-state index in [0.717, 1.165) is 6.42 Å². The first-order valence-corrected chi connectivity index (χ1v) is 10.5. The van der Waals surface area contributed by atoms with E-state index in [1.807, 2.05) is 11.8 Å². The molecule has 0 radical (unpaired) electrons. The summed E-state index contributed by atoms with van der Waals surface area (Å²) >= 11 is 6.23. The van der Waals surface area contributed by atoms with Crippen LogP contribution in [0.25, 0.3) is 0 Å². The summed E-state index contributed by atoms with van der Waals surface area (Å²) in [5.74, 6) is 0.680. The molecule has 1 fully saturated rings. The van der Waals surface area contributed by atoms with Gasteiger partial charge in [-0.25, -0.2) is 4.79 Å². The van der Waals surface area contributed by atoms with Crippen LogP contribution >= 0.6 is 11.6 Å². The molecule has 0 aliphatic carbocycles. The lowest BCUT2D eigenvalue weighted by Gasteiger charge is -2.40. The van der Waals surface area contributed by atoms with Gasteiger partial charge in [-0.1, -0.05) is 56.6 Å². The number of aromatic nitrogens is 2. The molecule has 1 aliphatic heterocycles. The van der Waals surface area contributed by atoms with Gasteiger partial charge in [-0.05, 0) is 36.0 Å². The number of carbonyl (C=O) groups is 1. The van der Waals surface area contributed by atoms with Gasteiger partial charge >= 0.3 is 6.03 Å².